The Bertz CT molecular complexity index is 213. The second-order valence-electron chi connectivity index (χ2n) is 1.89. The molecule has 0 saturated heterocycles. The van der Waals surface area contributed by atoms with E-state index in [0.29, 0.717) is 11.0 Å². The van der Waals surface area contributed by atoms with Gasteiger partial charge in [-0.15, -0.1) is 11.6 Å². The third-order valence-corrected chi connectivity index (χ3v) is 1.52. The molecule has 1 aromatic heterocycles. The predicted molar refractivity (Wildman–Crippen MR) is 43.7 cm³/mol. The van der Waals surface area contributed by atoms with Crippen molar-refractivity contribution in [3.8, 4) is 0 Å². The van der Waals surface area contributed by atoms with E-state index in [-0.39, 0.29) is 0 Å². The second-order valence-corrected chi connectivity index (χ2v) is 2.66. The third-order valence-electron chi connectivity index (χ3n) is 1.12. The van der Waals surface area contributed by atoms with Crippen LogP contribution in [0.25, 0.3) is 0 Å². The van der Waals surface area contributed by atoms with Crippen LogP contribution < -0.4 is 0 Å². The molecule has 0 amide bonds. The van der Waals surface area contributed by atoms with Crippen LogP contribution in [0.5, 0.6) is 0 Å². The van der Waals surface area contributed by atoms with Gasteiger partial charge in [-0.05, 0) is 12.1 Å². The summed E-state index contributed by atoms with van der Waals surface area (Å²) in [4.78, 5) is 4.04. The molecule has 0 unspecified atom stereocenters. The first-order chi connectivity index (χ1) is 4.83. The van der Waals surface area contributed by atoms with E-state index in [4.69, 9.17) is 23.2 Å². The van der Waals surface area contributed by atoms with E-state index in [1.807, 2.05) is 12.1 Å². The van der Waals surface area contributed by atoms with Gasteiger partial charge in [0, 0.05) is 18.0 Å². The summed E-state index contributed by atoms with van der Waals surface area (Å²) in [6.45, 7) is 0. The average Bonchev–Trinajstić information content (AvgIpc) is 1.88. The summed E-state index contributed by atoms with van der Waals surface area (Å²) in [5, 5.41) is 0.530. The van der Waals surface area contributed by atoms with Gasteiger partial charge in [-0.3, -0.25) is 0 Å². The maximum absolute atomic E-state index is 5.63. The minimum absolute atomic E-state index is 0.530. The molecule has 1 heterocycles. The number of rotatable bonds is 2. The zero-order valence-corrected chi connectivity index (χ0v) is 6.86. The SMILES string of the molecule is ClCCc1cccc(Cl)n1. The van der Waals surface area contributed by atoms with Crippen LogP contribution in [0.1, 0.15) is 5.69 Å². The Kier molecular flexibility index (Phi) is 2.97. The van der Waals surface area contributed by atoms with Crippen molar-refractivity contribution in [1.82, 2.24) is 4.98 Å². The number of aromatic nitrogens is 1. The van der Waals surface area contributed by atoms with E-state index in [2.05, 4.69) is 4.98 Å². The highest BCUT2D eigenvalue weighted by atomic mass is 35.5. The molecule has 0 N–H and O–H groups in total. The quantitative estimate of drug-likeness (QED) is 0.498. The molecule has 0 aromatic carbocycles. The van der Waals surface area contributed by atoms with E-state index in [0.717, 1.165) is 12.1 Å². The molecule has 0 bridgehead atoms. The predicted octanol–water partition coefficient (Wildman–Crippen LogP) is 2.52. The van der Waals surface area contributed by atoms with Crippen molar-refractivity contribution < 1.29 is 0 Å². The number of hydrogen-bond acceptors (Lipinski definition) is 1. The van der Waals surface area contributed by atoms with E-state index < -0.39 is 0 Å². The Morgan fingerprint density at radius 1 is 1.40 bits per heavy atom. The first-order valence-electron chi connectivity index (χ1n) is 3.00. The van der Waals surface area contributed by atoms with Gasteiger partial charge in [0.25, 0.3) is 0 Å². The van der Waals surface area contributed by atoms with E-state index in [9.17, 15) is 0 Å². The number of hydrogen-bond donors (Lipinski definition) is 0. The van der Waals surface area contributed by atoms with Crippen LogP contribution in [-0.2, 0) is 6.42 Å². The van der Waals surface area contributed by atoms with Crippen LogP contribution in [0.2, 0.25) is 5.15 Å². The summed E-state index contributed by atoms with van der Waals surface area (Å²) in [7, 11) is 0. The maximum Gasteiger partial charge on any atom is 0.129 e. The summed E-state index contributed by atoms with van der Waals surface area (Å²) in [6.07, 6.45) is 0.780. The lowest BCUT2D eigenvalue weighted by atomic mass is 10.3. The lowest BCUT2D eigenvalue weighted by molar-refractivity contribution is 1.04. The first-order valence-corrected chi connectivity index (χ1v) is 3.91. The molecule has 0 aliphatic heterocycles. The fourth-order valence-corrected chi connectivity index (χ4v) is 1.06. The molecular weight excluding hydrogens is 169 g/mol. The molecular formula is C7H7Cl2N. The third kappa shape index (κ3) is 2.16. The maximum atomic E-state index is 5.63. The summed E-state index contributed by atoms with van der Waals surface area (Å²) in [5.41, 5.74) is 0.947. The van der Waals surface area contributed by atoms with Crippen LogP contribution in [0, 0.1) is 0 Å². The van der Waals surface area contributed by atoms with Crippen molar-refractivity contribution in [2.75, 3.05) is 5.88 Å². The molecule has 10 heavy (non-hydrogen) atoms. The number of nitrogens with zero attached hydrogens (tertiary/aromatic N) is 1. The highest BCUT2D eigenvalue weighted by Crippen LogP contribution is 2.05. The molecule has 3 heteroatoms. The molecule has 0 fully saturated rings. The smallest absolute Gasteiger partial charge is 0.129 e. The Balaban J connectivity index is 2.75. The van der Waals surface area contributed by atoms with Gasteiger partial charge in [0.1, 0.15) is 5.15 Å². The molecule has 0 aliphatic rings. The standard InChI is InChI=1S/C7H7Cl2N/c8-5-4-6-2-1-3-7(9)10-6/h1-3H,4-5H2. The van der Waals surface area contributed by atoms with Gasteiger partial charge < -0.3 is 0 Å². The van der Waals surface area contributed by atoms with E-state index in [1.165, 1.54) is 0 Å². The zero-order chi connectivity index (χ0) is 7.40. The topological polar surface area (TPSA) is 12.9 Å². The van der Waals surface area contributed by atoms with Crippen LogP contribution >= 0.6 is 23.2 Å². The van der Waals surface area contributed by atoms with Crippen molar-refractivity contribution >= 4 is 23.2 Å². The largest absolute Gasteiger partial charge is 0.241 e. The van der Waals surface area contributed by atoms with Crippen LogP contribution in [0.4, 0.5) is 0 Å². The van der Waals surface area contributed by atoms with Crippen molar-refractivity contribution in [3.63, 3.8) is 0 Å². The molecule has 0 saturated carbocycles. The summed E-state index contributed by atoms with van der Waals surface area (Å²) < 4.78 is 0. The van der Waals surface area contributed by atoms with Crippen LogP contribution in [0.15, 0.2) is 18.2 Å². The van der Waals surface area contributed by atoms with E-state index in [1.54, 1.807) is 6.07 Å². The van der Waals surface area contributed by atoms with Gasteiger partial charge in [-0.25, -0.2) is 4.98 Å². The molecule has 0 radical (unpaired) electrons. The van der Waals surface area contributed by atoms with Crippen LogP contribution in [0.3, 0.4) is 0 Å². The minimum atomic E-state index is 0.530. The van der Waals surface area contributed by atoms with Gasteiger partial charge >= 0.3 is 0 Å². The van der Waals surface area contributed by atoms with Gasteiger partial charge in [-0.2, -0.15) is 0 Å². The number of pyridine rings is 1. The highest BCUT2D eigenvalue weighted by Gasteiger charge is 1.92. The Hall–Kier alpha value is -0.270. The molecule has 1 nitrogen and oxygen atoms in total. The molecule has 1 rings (SSSR count). The number of aryl methyl sites for hydroxylation is 1. The van der Waals surface area contributed by atoms with Crippen molar-refractivity contribution in [2.45, 2.75) is 6.42 Å². The summed E-state index contributed by atoms with van der Waals surface area (Å²) in [6, 6.07) is 5.53. The molecule has 0 spiro atoms. The lowest BCUT2D eigenvalue weighted by Gasteiger charge is -1.94. The van der Waals surface area contributed by atoms with Gasteiger partial charge in [-0.1, -0.05) is 17.7 Å². The summed E-state index contributed by atoms with van der Waals surface area (Å²) in [5.74, 6) is 0.591. The first kappa shape index (κ1) is 7.83. The van der Waals surface area contributed by atoms with Crippen LogP contribution in [-0.4, -0.2) is 10.9 Å². The fraction of sp³-hybridized carbons (Fsp3) is 0.286. The summed E-state index contributed by atoms with van der Waals surface area (Å²) >= 11 is 11.1. The average molecular weight is 176 g/mol. The Labute approximate surface area is 70.0 Å². The second kappa shape index (κ2) is 3.79. The zero-order valence-electron chi connectivity index (χ0n) is 5.35. The van der Waals surface area contributed by atoms with Crippen molar-refractivity contribution in [1.29, 1.82) is 0 Å². The van der Waals surface area contributed by atoms with Gasteiger partial charge in [0.05, 0.1) is 0 Å². The monoisotopic (exact) mass is 175 g/mol. The molecule has 54 valence electrons. The highest BCUT2D eigenvalue weighted by molar-refractivity contribution is 6.29. The molecule has 0 atom stereocenters. The van der Waals surface area contributed by atoms with E-state index >= 15 is 0 Å². The number of alkyl halides is 1. The lowest BCUT2D eigenvalue weighted by Crippen LogP contribution is -1.89. The van der Waals surface area contributed by atoms with Gasteiger partial charge in [0.15, 0.2) is 0 Å². The number of halogens is 2. The van der Waals surface area contributed by atoms with Crippen molar-refractivity contribution in [3.05, 3.63) is 29.0 Å². The Morgan fingerprint density at radius 2 is 2.20 bits per heavy atom. The molecule has 0 aliphatic carbocycles. The normalized spacial score (nSPS) is 9.80. The Morgan fingerprint density at radius 3 is 2.80 bits per heavy atom. The fourth-order valence-electron chi connectivity index (χ4n) is 0.686. The van der Waals surface area contributed by atoms with Crippen molar-refractivity contribution in [2.24, 2.45) is 0 Å². The van der Waals surface area contributed by atoms with Gasteiger partial charge in [0.2, 0.25) is 0 Å². The minimum Gasteiger partial charge on any atom is -0.241 e. The molecule has 1 aromatic rings.